The SMILES string of the molecule is CCC(=O)N1CCc2[nH]nc(C(=O)NC(C)C)c2C1. The highest BCUT2D eigenvalue weighted by molar-refractivity contribution is 5.94. The lowest BCUT2D eigenvalue weighted by Crippen LogP contribution is -2.37. The van der Waals surface area contributed by atoms with Crippen molar-refractivity contribution >= 4 is 11.8 Å². The summed E-state index contributed by atoms with van der Waals surface area (Å²) in [4.78, 5) is 25.6. The molecule has 0 aromatic carbocycles. The van der Waals surface area contributed by atoms with Crippen LogP contribution in [0, 0.1) is 0 Å². The summed E-state index contributed by atoms with van der Waals surface area (Å²) in [6, 6.07) is 0.0665. The molecule has 2 amide bonds. The van der Waals surface area contributed by atoms with E-state index < -0.39 is 0 Å². The fourth-order valence-electron chi connectivity index (χ4n) is 2.25. The summed E-state index contributed by atoms with van der Waals surface area (Å²) in [6.07, 6.45) is 1.21. The molecule has 104 valence electrons. The average Bonchev–Trinajstić information content (AvgIpc) is 2.79. The predicted molar refractivity (Wildman–Crippen MR) is 70.6 cm³/mol. The minimum atomic E-state index is -0.182. The van der Waals surface area contributed by atoms with Gasteiger partial charge in [0.15, 0.2) is 5.69 Å². The third-order valence-electron chi connectivity index (χ3n) is 3.22. The van der Waals surface area contributed by atoms with E-state index in [0.29, 0.717) is 25.2 Å². The number of carbonyl (C=O) groups is 2. The smallest absolute Gasteiger partial charge is 0.272 e. The van der Waals surface area contributed by atoms with Crippen molar-refractivity contribution in [2.24, 2.45) is 0 Å². The van der Waals surface area contributed by atoms with E-state index in [-0.39, 0.29) is 17.9 Å². The Labute approximate surface area is 112 Å². The molecule has 2 N–H and O–H groups in total. The zero-order valence-electron chi connectivity index (χ0n) is 11.6. The Kier molecular flexibility index (Phi) is 3.87. The second-order valence-electron chi connectivity index (χ2n) is 5.08. The van der Waals surface area contributed by atoms with Gasteiger partial charge in [-0.1, -0.05) is 6.92 Å². The number of H-pyrrole nitrogens is 1. The average molecular weight is 264 g/mol. The van der Waals surface area contributed by atoms with Crippen molar-refractivity contribution in [2.75, 3.05) is 6.54 Å². The number of nitrogens with zero attached hydrogens (tertiary/aromatic N) is 2. The summed E-state index contributed by atoms with van der Waals surface area (Å²) in [5, 5.41) is 9.83. The van der Waals surface area contributed by atoms with Crippen LogP contribution in [-0.4, -0.2) is 39.5 Å². The Morgan fingerprint density at radius 2 is 2.21 bits per heavy atom. The van der Waals surface area contributed by atoms with Crippen LogP contribution in [0.25, 0.3) is 0 Å². The lowest BCUT2D eigenvalue weighted by atomic mass is 10.0. The second kappa shape index (κ2) is 5.42. The topological polar surface area (TPSA) is 78.1 Å². The first-order chi connectivity index (χ1) is 9.02. The van der Waals surface area contributed by atoms with Crippen LogP contribution in [0.1, 0.15) is 48.9 Å². The van der Waals surface area contributed by atoms with Gasteiger partial charge in [-0.15, -0.1) is 0 Å². The van der Waals surface area contributed by atoms with Gasteiger partial charge in [0.1, 0.15) is 0 Å². The quantitative estimate of drug-likeness (QED) is 0.849. The molecule has 0 bridgehead atoms. The van der Waals surface area contributed by atoms with E-state index in [1.54, 1.807) is 4.90 Å². The second-order valence-corrected chi connectivity index (χ2v) is 5.08. The molecule has 2 heterocycles. The Balaban J connectivity index is 2.20. The maximum absolute atomic E-state index is 12.0. The Morgan fingerprint density at radius 1 is 1.47 bits per heavy atom. The van der Waals surface area contributed by atoms with Gasteiger partial charge in [0.05, 0.1) is 0 Å². The molecule has 6 nitrogen and oxygen atoms in total. The van der Waals surface area contributed by atoms with Gasteiger partial charge in [0.2, 0.25) is 5.91 Å². The van der Waals surface area contributed by atoms with Gasteiger partial charge in [0.25, 0.3) is 5.91 Å². The van der Waals surface area contributed by atoms with Crippen LogP contribution in [0.4, 0.5) is 0 Å². The van der Waals surface area contributed by atoms with E-state index in [0.717, 1.165) is 17.7 Å². The van der Waals surface area contributed by atoms with E-state index >= 15 is 0 Å². The highest BCUT2D eigenvalue weighted by atomic mass is 16.2. The zero-order valence-corrected chi connectivity index (χ0v) is 11.6. The number of rotatable bonds is 3. The van der Waals surface area contributed by atoms with Crippen molar-refractivity contribution in [2.45, 2.75) is 46.2 Å². The minimum Gasteiger partial charge on any atom is -0.348 e. The third-order valence-corrected chi connectivity index (χ3v) is 3.22. The molecular formula is C13H20N4O2. The summed E-state index contributed by atoms with van der Waals surface area (Å²) in [5.41, 5.74) is 2.23. The third kappa shape index (κ3) is 2.77. The van der Waals surface area contributed by atoms with Gasteiger partial charge in [-0.2, -0.15) is 5.10 Å². The molecule has 0 radical (unpaired) electrons. The van der Waals surface area contributed by atoms with Gasteiger partial charge in [-0.3, -0.25) is 14.7 Å². The molecule has 0 saturated carbocycles. The highest BCUT2D eigenvalue weighted by Gasteiger charge is 2.27. The number of aromatic amines is 1. The van der Waals surface area contributed by atoms with Crippen LogP contribution in [0.15, 0.2) is 0 Å². The van der Waals surface area contributed by atoms with Crippen molar-refractivity contribution < 1.29 is 9.59 Å². The summed E-state index contributed by atoms with van der Waals surface area (Å²) in [6.45, 7) is 6.82. The Hall–Kier alpha value is -1.85. The van der Waals surface area contributed by atoms with Crippen molar-refractivity contribution in [3.8, 4) is 0 Å². The number of carbonyl (C=O) groups excluding carboxylic acids is 2. The van der Waals surface area contributed by atoms with Crippen LogP contribution in [0.5, 0.6) is 0 Å². The molecule has 1 aromatic heterocycles. The molecule has 0 unspecified atom stereocenters. The van der Waals surface area contributed by atoms with Crippen molar-refractivity contribution in [3.05, 3.63) is 17.0 Å². The number of amides is 2. The molecule has 6 heteroatoms. The summed E-state index contributed by atoms with van der Waals surface area (Å²) >= 11 is 0. The summed E-state index contributed by atoms with van der Waals surface area (Å²) in [5.74, 6) is -0.0691. The number of hydrogen-bond donors (Lipinski definition) is 2. The van der Waals surface area contributed by atoms with Crippen LogP contribution in [0.2, 0.25) is 0 Å². The molecule has 1 aliphatic heterocycles. The van der Waals surface area contributed by atoms with E-state index in [2.05, 4.69) is 15.5 Å². The lowest BCUT2D eigenvalue weighted by Gasteiger charge is -2.26. The maximum Gasteiger partial charge on any atom is 0.272 e. The molecule has 2 rings (SSSR count). The van der Waals surface area contributed by atoms with Gasteiger partial charge < -0.3 is 10.2 Å². The zero-order chi connectivity index (χ0) is 14.0. The van der Waals surface area contributed by atoms with E-state index in [4.69, 9.17) is 0 Å². The molecule has 19 heavy (non-hydrogen) atoms. The minimum absolute atomic E-state index is 0.0665. The van der Waals surface area contributed by atoms with Crippen molar-refractivity contribution in [3.63, 3.8) is 0 Å². The van der Waals surface area contributed by atoms with E-state index in [9.17, 15) is 9.59 Å². The summed E-state index contributed by atoms with van der Waals surface area (Å²) < 4.78 is 0. The molecule has 1 aromatic rings. The molecule has 0 fully saturated rings. The summed E-state index contributed by atoms with van der Waals surface area (Å²) in [7, 11) is 0. The molecule has 0 aliphatic carbocycles. The van der Waals surface area contributed by atoms with Crippen LogP contribution < -0.4 is 5.32 Å². The fourth-order valence-corrected chi connectivity index (χ4v) is 2.25. The van der Waals surface area contributed by atoms with E-state index in [1.165, 1.54) is 0 Å². The number of fused-ring (bicyclic) bond motifs is 1. The maximum atomic E-state index is 12.0. The first-order valence-electron chi connectivity index (χ1n) is 6.67. The van der Waals surface area contributed by atoms with Crippen molar-refractivity contribution in [1.29, 1.82) is 0 Å². The number of hydrogen-bond acceptors (Lipinski definition) is 3. The molecule has 0 atom stereocenters. The first kappa shape index (κ1) is 13.6. The molecule has 0 spiro atoms. The van der Waals surface area contributed by atoms with Gasteiger partial charge >= 0.3 is 0 Å². The van der Waals surface area contributed by atoms with E-state index in [1.807, 2.05) is 20.8 Å². The van der Waals surface area contributed by atoms with Crippen LogP contribution in [-0.2, 0) is 17.8 Å². The molecule has 0 saturated heterocycles. The van der Waals surface area contributed by atoms with Gasteiger partial charge in [0, 0.05) is 43.2 Å². The predicted octanol–water partition coefficient (Wildman–Crippen LogP) is 0.843. The van der Waals surface area contributed by atoms with Crippen LogP contribution in [0.3, 0.4) is 0 Å². The number of aromatic nitrogens is 2. The monoisotopic (exact) mass is 264 g/mol. The lowest BCUT2D eigenvalue weighted by molar-refractivity contribution is -0.131. The Morgan fingerprint density at radius 3 is 2.84 bits per heavy atom. The highest BCUT2D eigenvalue weighted by Crippen LogP contribution is 2.20. The number of nitrogens with one attached hydrogen (secondary N) is 2. The van der Waals surface area contributed by atoms with Crippen molar-refractivity contribution in [1.82, 2.24) is 20.4 Å². The standard InChI is InChI=1S/C13H20N4O2/c1-4-11(18)17-6-5-10-9(7-17)12(16-15-10)13(19)14-8(2)3/h8H,4-7H2,1-3H3,(H,14,19)(H,15,16). The van der Waals surface area contributed by atoms with Gasteiger partial charge in [-0.05, 0) is 13.8 Å². The Bertz CT molecular complexity index is 493. The molecular weight excluding hydrogens is 244 g/mol. The largest absolute Gasteiger partial charge is 0.348 e. The van der Waals surface area contributed by atoms with Gasteiger partial charge in [-0.25, -0.2) is 0 Å². The van der Waals surface area contributed by atoms with Crippen LogP contribution >= 0.6 is 0 Å². The normalized spacial score (nSPS) is 14.4. The first-order valence-corrected chi connectivity index (χ1v) is 6.67. The fraction of sp³-hybridized carbons (Fsp3) is 0.615. The molecule has 1 aliphatic rings.